The summed E-state index contributed by atoms with van der Waals surface area (Å²) in [5.74, 6) is -24.4. The molecule has 35 atom stereocenters. The molecule has 14 bridgehead atoms. The highest BCUT2D eigenvalue weighted by Gasteiger charge is 2.66. The smallest absolute Gasteiger partial charge is 0.303 e. The van der Waals surface area contributed by atoms with Crippen molar-refractivity contribution in [2.24, 2.45) is 0 Å². The second kappa shape index (κ2) is 52.3. The Bertz CT molecular complexity index is 4330. The van der Waals surface area contributed by atoms with Gasteiger partial charge in [-0.3, -0.25) is 95.9 Å². The van der Waals surface area contributed by atoms with Crippen LogP contribution < -0.4 is 0 Å². The van der Waals surface area contributed by atoms with Crippen LogP contribution in [-0.4, -0.2) is 387 Å². The molecule has 0 aromatic carbocycles. The third kappa shape index (κ3) is 32.5. The molecule has 55 nitrogen and oxygen atoms in total. The van der Waals surface area contributed by atoms with Gasteiger partial charge in [0.05, 0.1) is 6.61 Å². The molecule has 140 heavy (non-hydrogen) atoms. The molecule has 0 amide bonds. The Labute approximate surface area is 797 Å². The zero-order valence-electron chi connectivity index (χ0n) is 79.6. The fourth-order valence-electron chi connectivity index (χ4n) is 16.0. The number of rotatable bonds is 30. The summed E-state index contributed by atoms with van der Waals surface area (Å²) in [5.41, 5.74) is 0. The van der Waals surface area contributed by atoms with E-state index in [2.05, 4.69) is 6.58 Å². The van der Waals surface area contributed by atoms with E-state index in [-0.39, 0.29) is 0 Å². The predicted octanol–water partition coefficient (Wildman–Crippen LogP) is -2.60. The lowest BCUT2D eigenvalue weighted by Gasteiger charge is -2.52. The maximum Gasteiger partial charge on any atom is 0.303 e. The molecule has 15 saturated heterocycles. The van der Waals surface area contributed by atoms with E-state index in [9.17, 15) is 95.9 Å². The number of carbonyl (C=O) groups excluding carboxylic acids is 20. The highest BCUT2D eigenvalue weighted by molar-refractivity contribution is 5.73. The summed E-state index contributed by atoms with van der Waals surface area (Å²) >= 11 is 0. The summed E-state index contributed by atoms with van der Waals surface area (Å²) in [6, 6.07) is 0. The second-order valence-corrected chi connectivity index (χ2v) is 32.2. The van der Waals surface area contributed by atoms with E-state index >= 15 is 0 Å². The molecular formula is C85H114O55. The summed E-state index contributed by atoms with van der Waals surface area (Å²) < 4.78 is 216. The topological polar surface area (TPSA) is 664 Å². The van der Waals surface area contributed by atoms with Crippen molar-refractivity contribution in [1.82, 2.24) is 0 Å². The largest absolute Gasteiger partial charge is 0.463 e. The van der Waals surface area contributed by atoms with Gasteiger partial charge >= 0.3 is 119 Å². The molecule has 15 aliphatic rings. The maximum atomic E-state index is 14.0. The van der Waals surface area contributed by atoms with Crippen molar-refractivity contribution < 1.29 is 262 Å². The number of ether oxygens (including phenoxy) is 35. The van der Waals surface area contributed by atoms with Gasteiger partial charge < -0.3 is 166 Å². The van der Waals surface area contributed by atoms with Crippen LogP contribution in [0, 0.1) is 0 Å². The quantitative estimate of drug-likeness (QED) is 0.0404. The average molecular weight is 2020 g/mol. The first-order valence-electron chi connectivity index (χ1n) is 43.4. The Kier molecular flexibility index (Phi) is 42.5. The van der Waals surface area contributed by atoms with Crippen LogP contribution >= 0.6 is 0 Å². The van der Waals surface area contributed by atoms with E-state index in [0.29, 0.717) is 0 Å². The molecule has 0 radical (unpaired) electrons. The normalized spacial score (nSPS) is 34.7. The van der Waals surface area contributed by atoms with Crippen molar-refractivity contribution >= 4 is 119 Å². The standard InChI is InChI=1S/C85H114O55/c1-22-23-106-72-65(114-38(9)93)58-51(24-107-31(2)86)127-79(72)134-59-52(25-108-32(3)87)128-81(73(121-45(16)100)66(59)115-39(10)94)136-61-54(27-110-34(5)89)130-83(75(123-47(18)102)68(61)117-41(12)96)138-63-56(29-112-36(7)91)132-85(77(125-49(20)104)70(63)119-43(14)98)140-64-57(30-113-37(8)92)133-84(78(126-50(21)105)71(64)120-44(15)99)139-62-55(28-111-35(6)90)131-82(76(124-48(19)103)69(62)118-42(13)97)137-60-53(26-109-33(4)88)129-80(135-58)74(122-46(17)101)67(60)116-40(11)95/h22,51-85H,1,23-30H2,2-21H3/t51-,52-,53-,54-,55-,56-,57-,58-,59-,60-,61-,62-,63-,64-,65+,66+,67+,68+,69+,70+,71+,72-,73-,74-,75-,76-,77-,78-,79-,80-,81-,82-,83-,84-,85-/m1/s1. The van der Waals surface area contributed by atoms with Crippen LogP contribution in [0.4, 0.5) is 0 Å². The van der Waals surface area contributed by atoms with Gasteiger partial charge in [0, 0.05) is 138 Å². The van der Waals surface area contributed by atoms with Gasteiger partial charge in [-0.2, -0.15) is 0 Å². The molecule has 15 fully saturated rings. The predicted molar refractivity (Wildman–Crippen MR) is 433 cm³/mol. The first kappa shape index (κ1) is 114. The van der Waals surface area contributed by atoms with E-state index in [0.717, 1.165) is 145 Å². The summed E-state index contributed by atoms with van der Waals surface area (Å²) in [4.78, 5) is 274. The van der Waals surface area contributed by atoms with Crippen LogP contribution in [-0.2, 0) is 262 Å². The summed E-state index contributed by atoms with van der Waals surface area (Å²) in [7, 11) is 0. The third-order valence-electron chi connectivity index (χ3n) is 20.7. The number of hydrogen-bond donors (Lipinski definition) is 0. The Hall–Kier alpha value is -11.5. The number of carbonyl (C=O) groups is 20. The zero-order chi connectivity index (χ0) is 104. The van der Waals surface area contributed by atoms with Crippen LogP contribution in [0.15, 0.2) is 12.7 Å². The third-order valence-corrected chi connectivity index (χ3v) is 20.7. The molecule has 15 aliphatic heterocycles. The van der Waals surface area contributed by atoms with Gasteiger partial charge in [-0.15, -0.1) is 6.58 Å². The van der Waals surface area contributed by atoms with Gasteiger partial charge in [0.1, 0.15) is 138 Å². The lowest BCUT2D eigenvalue weighted by atomic mass is 9.94. The highest BCUT2D eigenvalue weighted by atomic mass is 16.8. The lowest BCUT2D eigenvalue weighted by molar-refractivity contribution is -0.398. The first-order valence-corrected chi connectivity index (χ1v) is 43.4. The molecule has 0 unspecified atom stereocenters. The minimum atomic E-state index is -2.46. The molecule has 0 aromatic rings. The molecule has 0 aliphatic carbocycles. The zero-order valence-corrected chi connectivity index (χ0v) is 79.6. The van der Waals surface area contributed by atoms with Crippen molar-refractivity contribution in [3.63, 3.8) is 0 Å². The Balaban J connectivity index is 1.51. The Morgan fingerprint density at radius 2 is 0.286 bits per heavy atom. The fraction of sp³-hybridized carbons (Fsp3) is 0.741. The monoisotopic (exact) mass is 2010 g/mol. The first-order chi connectivity index (χ1) is 65.8. The Morgan fingerprint density at radius 1 is 0.171 bits per heavy atom. The van der Waals surface area contributed by atoms with Gasteiger partial charge in [-0.1, -0.05) is 6.08 Å². The van der Waals surface area contributed by atoms with E-state index in [1.54, 1.807) is 0 Å². The molecule has 0 saturated carbocycles. The SMILES string of the molecule is C=CCO[C@H]1[C@H]2O[C@H]3[C@H](OC(C)=O)[C@@H](OC(C)=O)[C@@H](O[C@H]4[C@H](OC(C)=O)[C@@H](OC(C)=O)[C@@H](O[C@H]5[C@H](OC(C)=O)[C@@H](OC(C)=O)[C@@H](O[C@H]6[C@H](OC(C)=O)[C@@H](OC(C)=O)[C@@H](O[C@H]7[C@H](OC(C)=O)[C@@H](OC(C)=O)[C@@H](O[C@H]8[C@H](OC(C)=O)[C@@H](OC(C)=O)[C@@H](O[C@@H]([C@@H]1OC(C)=O)[C@@H](COC(C)=O)O2)O[C@@H]8COC(C)=O)O[C@@H]7COC(C)=O)O[C@@H]6COC(C)=O)O[C@@H]5COC(C)=O)O[C@@H]4COC(C)=O)O[C@@H]3COC(C)=O. The van der Waals surface area contributed by atoms with Crippen molar-refractivity contribution in [3.05, 3.63) is 12.7 Å². The van der Waals surface area contributed by atoms with Crippen LogP contribution in [0.25, 0.3) is 0 Å². The molecular weight excluding hydrogens is 1900 g/mol. The summed E-state index contributed by atoms with van der Waals surface area (Å²) in [6.45, 7) is 12.4. The number of hydrogen-bond acceptors (Lipinski definition) is 55. The molecule has 784 valence electrons. The minimum Gasteiger partial charge on any atom is -0.463 e. The summed E-state index contributed by atoms with van der Waals surface area (Å²) in [5, 5.41) is 0. The maximum absolute atomic E-state index is 14.0. The van der Waals surface area contributed by atoms with Crippen molar-refractivity contribution in [2.75, 3.05) is 52.9 Å². The molecule has 15 rings (SSSR count). The van der Waals surface area contributed by atoms with E-state index in [4.69, 9.17) is 166 Å². The number of esters is 20. The van der Waals surface area contributed by atoms with E-state index < -0.39 is 387 Å². The highest BCUT2D eigenvalue weighted by Crippen LogP contribution is 2.45. The lowest BCUT2D eigenvalue weighted by Crippen LogP contribution is -2.70. The van der Waals surface area contributed by atoms with Crippen molar-refractivity contribution in [2.45, 2.75) is 353 Å². The molecule has 0 N–H and O–H groups in total. The van der Waals surface area contributed by atoms with Crippen LogP contribution in [0.2, 0.25) is 0 Å². The van der Waals surface area contributed by atoms with E-state index in [1.807, 2.05) is 0 Å². The van der Waals surface area contributed by atoms with Crippen LogP contribution in [0.1, 0.15) is 138 Å². The molecule has 0 spiro atoms. The number of fused-ring (bicyclic) bond motifs is 7. The molecule has 0 aromatic heterocycles. The molecule has 15 heterocycles. The minimum absolute atomic E-state index is 0.622. The van der Waals surface area contributed by atoms with Crippen LogP contribution in [0.5, 0.6) is 0 Å². The van der Waals surface area contributed by atoms with Crippen molar-refractivity contribution in [3.8, 4) is 0 Å². The van der Waals surface area contributed by atoms with Gasteiger partial charge in [0.2, 0.25) is 0 Å². The summed E-state index contributed by atoms with van der Waals surface area (Å²) in [6.07, 6.45) is -78.4. The van der Waals surface area contributed by atoms with Gasteiger partial charge in [-0.25, -0.2) is 0 Å². The van der Waals surface area contributed by atoms with E-state index in [1.165, 1.54) is 0 Å². The second-order valence-electron chi connectivity index (χ2n) is 32.2. The average Bonchev–Trinajstić information content (AvgIpc) is 0.780. The van der Waals surface area contributed by atoms with Crippen LogP contribution in [0.3, 0.4) is 0 Å². The van der Waals surface area contributed by atoms with Crippen molar-refractivity contribution in [1.29, 1.82) is 0 Å². The molecule has 55 heteroatoms. The van der Waals surface area contributed by atoms with Gasteiger partial charge in [0.25, 0.3) is 0 Å². The van der Waals surface area contributed by atoms with Gasteiger partial charge in [0.15, 0.2) is 123 Å². The van der Waals surface area contributed by atoms with Gasteiger partial charge in [-0.05, 0) is 0 Å². The Morgan fingerprint density at radius 3 is 0.400 bits per heavy atom. The fourth-order valence-corrected chi connectivity index (χ4v) is 16.0.